The highest BCUT2D eigenvalue weighted by Gasteiger charge is 2.22. The summed E-state index contributed by atoms with van der Waals surface area (Å²) in [4.78, 5) is 6.02. The number of nitrogens with one attached hydrogen (secondary N) is 1. The summed E-state index contributed by atoms with van der Waals surface area (Å²) in [5.41, 5.74) is 1.51. The number of pyridine rings is 1. The lowest BCUT2D eigenvalue weighted by atomic mass is 10.3. The first-order valence-electron chi connectivity index (χ1n) is 8.00. The lowest BCUT2D eigenvalue weighted by Gasteiger charge is -2.30. The van der Waals surface area contributed by atoms with E-state index in [0.717, 1.165) is 5.69 Å². The third-order valence-electron chi connectivity index (χ3n) is 3.70. The number of halogens is 3. The van der Waals surface area contributed by atoms with Gasteiger partial charge in [-0.3, -0.25) is 4.98 Å². The van der Waals surface area contributed by atoms with Crippen LogP contribution in [0.1, 0.15) is 13.3 Å². The second kappa shape index (κ2) is 9.65. The highest BCUT2D eigenvalue weighted by Crippen LogP contribution is 2.28. The second-order valence-electron chi connectivity index (χ2n) is 5.32. The maximum atomic E-state index is 12.2. The number of rotatable bonds is 10. The fraction of sp³-hybridized carbons (Fsp3) is 0.500. The monoisotopic (exact) mass is 373 g/mol. The molecule has 0 saturated carbocycles. The molecule has 0 aromatic carbocycles. The molecule has 0 radical (unpaired) electrons. The van der Waals surface area contributed by atoms with Gasteiger partial charge in [0.1, 0.15) is 6.23 Å². The van der Waals surface area contributed by atoms with Crippen LogP contribution in [0.25, 0.3) is 5.69 Å². The van der Waals surface area contributed by atoms with Crippen LogP contribution in [0.3, 0.4) is 0 Å². The summed E-state index contributed by atoms with van der Waals surface area (Å²) in [7, 11) is 1.58. The van der Waals surface area contributed by atoms with Gasteiger partial charge in [0, 0.05) is 26.3 Å². The van der Waals surface area contributed by atoms with Gasteiger partial charge in [-0.15, -0.1) is 0 Å². The average Bonchev–Trinajstić information content (AvgIpc) is 3.00. The fourth-order valence-corrected chi connectivity index (χ4v) is 2.76. The van der Waals surface area contributed by atoms with Crippen LogP contribution in [0.4, 0.5) is 14.5 Å². The van der Waals surface area contributed by atoms with Crippen molar-refractivity contribution in [3.8, 4) is 5.69 Å². The van der Waals surface area contributed by atoms with Crippen molar-refractivity contribution in [3.05, 3.63) is 35.9 Å². The van der Waals surface area contributed by atoms with Gasteiger partial charge in [-0.1, -0.05) is 11.6 Å². The van der Waals surface area contributed by atoms with Crippen molar-refractivity contribution in [2.24, 2.45) is 0 Å². The van der Waals surface area contributed by atoms with Gasteiger partial charge in [0.15, 0.2) is 5.15 Å². The third-order valence-corrected chi connectivity index (χ3v) is 3.97. The van der Waals surface area contributed by atoms with E-state index in [0.29, 0.717) is 30.4 Å². The Kier molecular flexibility index (Phi) is 7.54. The van der Waals surface area contributed by atoms with Crippen LogP contribution in [0.2, 0.25) is 5.15 Å². The summed E-state index contributed by atoms with van der Waals surface area (Å²) in [5.74, 6) is 0. The predicted molar refractivity (Wildman–Crippen MR) is 93.7 cm³/mol. The quantitative estimate of drug-likeness (QED) is 0.512. The number of anilines is 1. The molecule has 0 spiro atoms. The van der Waals surface area contributed by atoms with Crippen molar-refractivity contribution in [1.82, 2.24) is 20.1 Å². The molecule has 1 atom stereocenters. The topological polar surface area (TPSA) is 55.2 Å². The standard InChI is InChI=1S/C16H22ClF2N5O/c1-3-23(15(25-2)6-8-21-10-14(18)19)13-11-24(22-16(13)17)12-5-4-7-20-9-12/h4-5,7,9,11,14-15,21H,3,6,8,10H2,1-2H3. The molecule has 2 aromatic heterocycles. The number of alkyl halides is 2. The van der Waals surface area contributed by atoms with E-state index in [-0.39, 0.29) is 12.8 Å². The summed E-state index contributed by atoms with van der Waals surface area (Å²) in [5, 5.41) is 7.36. The van der Waals surface area contributed by atoms with Crippen LogP contribution >= 0.6 is 11.6 Å². The molecule has 2 heterocycles. The molecule has 6 nitrogen and oxygen atoms in total. The Morgan fingerprint density at radius 3 is 2.84 bits per heavy atom. The Morgan fingerprint density at radius 1 is 1.44 bits per heavy atom. The summed E-state index contributed by atoms with van der Waals surface area (Å²) in [6, 6.07) is 3.69. The highest BCUT2D eigenvalue weighted by molar-refractivity contribution is 6.32. The Hall–Kier alpha value is -1.77. The lowest BCUT2D eigenvalue weighted by Crippen LogP contribution is -2.39. The first kappa shape index (κ1) is 19.6. The molecule has 9 heteroatoms. The first-order valence-corrected chi connectivity index (χ1v) is 8.38. The van der Waals surface area contributed by atoms with Gasteiger partial charge in [-0.2, -0.15) is 5.10 Å². The summed E-state index contributed by atoms with van der Waals surface area (Å²) in [6.07, 6.45) is 3.04. The number of methoxy groups -OCH3 is 1. The maximum Gasteiger partial charge on any atom is 0.250 e. The van der Waals surface area contributed by atoms with Gasteiger partial charge < -0.3 is 15.0 Å². The third kappa shape index (κ3) is 5.35. The minimum atomic E-state index is -2.37. The van der Waals surface area contributed by atoms with Crippen LogP contribution in [0.5, 0.6) is 0 Å². The molecule has 0 aliphatic heterocycles. The van der Waals surface area contributed by atoms with Crippen molar-refractivity contribution >= 4 is 17.3 Å². The van der Waals surface area contributed by atoms with Gasteiger partial charge >= 0.3 is 0 Å². The van der Waals surface area contributed by atoms with Gasteiger partial charge in [0.25, 0.3) is 6.43 Å². The van der Waals surface area contributed by atoms with Crippen molar-refractivity contribution in [2.45, 2.75) is 26.0 Å². The molecular formula is C16H22ClF2N5O. The number of hydrogen-bond acceptors (Lipinski definition) is 5. The molecule has 0 aliphatic rings. The van der Waals surface area contributed by atoms with Gasteiger partial charge in [-0.25, -0.2) is 13.5 Å². The number of ether oxygens (including phenoxy) is 1. The van der Waals surface area contributed by atoms with E-state index < -0.39 is 6.43 Å². The largest absolute Gasteiger partial charge is 0.362 e. The van der Waals surface area contributed by atoms with Crippen LogP contribution < -0.4 is 10.2 Å². The molecule has 0 bridgehead atoms. The summed E-state index contributed by atoms with van der Waals surface area (Å²) >= 11 is 6.31. The van der Waals surface area contributed by atoms with E-state index >= 15 is 0 Å². The number of hydrogen-bond donors (Lipinski definition) is 1. The molecule has 0 fully saturated rings. The van der Waals surface area contributed by atoms with Crippen molar-refractivity contribution < 1.29 is 13.5 Å². The van der Waals surface area contributed by atoms with Crippen molar-refractivity contribution in [3.63, 3.8) is 0 Å². The zero-order valence-electron chi connectivity index (χ0n) is 14.2. The lowest BCUT2D eigenvalue weighted by molar-refractivity contribution is 0.0895. The Bertz CT molecular complexity index is 641. The van der Waals surface area contributed by atoms with E-state index in [9.17, 15) is 8.78 Å². The zero-order valence-corrected chi connectivity index (χ0v) is 15.0. The van der Waals surface area contributed by atoms with Crippen molar-refractivity contribution in [2.75, 3.05) is 31.6 Å². The SMILES string of the molecule is CCN(c1cn(-c2cccnc2)nc1Cl)C(CCNCC(F)F)OC. The minimum Gasteiger partial charge on any atom is -0.362 e. The molecule has 0 saturated heterocycles. The fourth-order valence-electron chi connectivity index (χ4n) is 2.52. The second-order valence-corrected chi connectivity index (χ2v) is 5.68. The molecule has 25 heavy (non-hydrogen) atoms. The smallest absolute Gasteiger partial charge is 0.250 e. The maximum absolute atomic E-state index is 12.2. The molecule has 0 amide bonds. The first-order chi connectivity index (χ1) is 12.1. The number of aromatic nitrogens is 3. The summed E-state index contributed by atoms with van der Waals surface area (Å²) in [6.45, 7) is 2.68. The van der Waals surface area contributed by atoms with Crippen LogP contribution in [0.15, 0.2) is 30.7 Å². The van der Waals surface area contributed by atoms with E-state index in [1.165, 1.54) is 0 Å². The summed E-state index contributed by atoms with van der Waals surface area (Å²) < 4.78 is 31.6. The Labute approximate surface area is 150 Å². The normalized spacial score (nSPS) is 12.6. The molecule has 1 N–H and O–H groups in total. The number of nitrogens with zero attached hydrogens (tertiary/aromatic N) is 4. The van der Waals surface area contributed by atoms with Crippen molar-refractivity contribution in [1.29, 1.82) is 0 Å². The predicted octanol–water partition coefficient (Wildman–Crippen LogP) is 2.96. The molecule has 0 aliphatic carbocycles. The molecule has 2 rings (SSSR count). The van der Waals surface area contributed by atoms with Crippen LogP contribution in [0, 0.1) is 0 Å². The molecular weight excluding hydrogens is 352 g/mol. The van der Waals surface area contributed by atoms with Gasteiger partial charge in [-0.05, 0) is 25.6 Å². The van der Waals surface area contributed by atoms with E-state index in [1.807, 2.05) is 24.0 Å². The van der Waals surface area contributed by atoms with Crippen LogP contribution in [-0.2, 0) is 4.74 Å². The Morgan fingerprint density at radius 2 is 2.24 bits per heavy atom. The highest BCUT2D eigenvalue weighted by atomic mass is 35.5. The van der Waals surface area contributed by atoms with Gasteiger partial charge in [0.05, 0.1) is 30.3 Å². The van der Waals surface area contributed by atoms with Crippen LogP contribution in [-0.4, -0.2) is 54.2 Å². The van der Waals surface area contributed by atoms with E-state index in [1.54, 1.807) is 30.4 Å². The zero-order chi connectivity index (χ0) is 18.2. The minimum absolute atomic E-state index is 0.306. The van der Waals surface area contributed by atoms with E-state index in [2.05, 4.69) is 15.4 Å². The molecule has 2 aromatic rings. The van der Waals surface area contributed by atoms with Gasteiger partial charge in [0.2, 0.25) is 0 Å². The average molecular weight is 374 g/mol. The molecule has 1 unspecified atom stereocenters. The molecule has 138 valence electrons. The van der Waals surface area contributed by atoms with E-state index in [4.69, 9.17) is 16.3 Å². The Balaban J connectivity index is 2.11.